The lowest BCUT2D eigenvalue weighted by molar-refractivity contribution is -0.138. The van der Waals surface area contributed by atoms with E-state index in [9.17, 15) is 18.3 Å². The van der Waals surface area contributed by atoms with Crippen molar-refractivity contribution in [2.24, 2.45) is 0 Å². The molecule has 0 saturated heterocycles. The summed E-state index contributed by atoms with van der Waals surface area (Å²) in [6.45, 7) is 0. The summed E-state index contributed by atoms with van der Waals surface area (Å²) in [5, 5.41) is 9.24. The van der Waals surface area contributed by atoms with E-state index in [2.05, 4.69) is 15.9 Å². The summed E-state index contributed by atoms with van der Waals surface area (Å²) in [5.74, 6) is -0.757. The second-order valence-electron chi connectivity index (χ2n) is 3.73. The van der Waals surface area contributed by atoms with Crippen LogP contribution in [0.2, 0.25) is 0 Å². The third-order valence-corrected chi connectivity index (χ3v) is 3.85. The van der Waals surface area contributed by atoms with E-state index >= 15 is 0 Å². The van der Waals surface area contributed by atoms with Gasteiger partial charge in [-0.2, -0.15) is 13.2 Å². The molecule has 0 saturated carbocycles. The van der Waals surface area contributed by atoms with E-state index < -0.39 is 17.5 Å². The Hall–Kier alpha value is -1.14. The molecule has 0 aliphatic carbocycles. The van der Waals surface area contributed by atoms with Gasteiger partial charge in [-0.3, -0.25) is 0 Å². The van der Waals surface area contributed by atoms with Crippen molar-refractivity contribution in [1.82, 2.24) is 0 Å². The third-order valence-electron chi connectivity index (χ3n) is 2.32. The summed E-state index contributed by atoms with van der Waals surface area (Å²) in [6, 6.07) is 10.7. The van der Waals surface area contributed by atoms with Crippen LogP contribution in [0, 0.1) is 0 Å². The van der Waals surface area contributed by atoms with Crippen molar-refractivity contribution >= 4 is 27.7 Å². The SMILES string of the molecule is Oc1ccc(Sc2ccc(Br)cc2)cc1C(F)(F)F. The number of hydrogen-bond donors (Lipinski definition) is 1. The van der Waals surface area contributed by atoms with Gasteiger partial charge in [-0.15, -0.1) is 0 Å². The molecular formula is C13H8BrF3OS. The minimum Gasteiger partial charge on any atom is -0.507 e. The number of alkyl halides is 3. The summed E-state index contributed by atoms with van der Waals surface area (Å²) >= 11 is 4.49. The minimum atomic E-state index is -4.56. The maximum Gasteiger partial charge on any atom is 0.419 e. The second-order valence-corrected chi connectivity index (χ2v) is 5.80. The zero-order chi connectivity index (χ0) is 14.0. The smallest absolute Gasteiger partial charge is 0.419 e. The zero-order valence-electron chi connectivity index (χ0n) is 9.41. The number of phenols is 1. The molecule has 2 rings (SSSR count). The summed E-state index contributed by atoms with van der Waals surface area (Å²) < 4.78 is 38.8. The normalized spacial score (nSPS) is 11.6. The van der Waals surface area contributed by atoms with Crippen molar-refractivity contribution in [3.05, 3.63) is 52.5 Å². The molecule has 0 spiro atoms. The van der Waals surface area contributed by atoms with Crippen molar-refractivity contribution < 1.29 is 18.3 Å². The quantitative estimate of drug-likeness (QED) is 0.791. The van der Waals surface area contributed by atoms with Gasteiger partial charge in [0.2, 0.25) is 0 Å². The van der Waals surface area contributed by atoms with E-state index in [4.69, 9.17) is 0 Å². The Labute approximate surface area is 120 Å². The van der Waals surface area contributed by atoms with Crippen LogP contribution in [0.15, 0.2) is 56.7 Å². The number of halogens is 4. The van der Waals surface area contributed by atoms with Crippen LogP contribution in [-0.2, 0) is 6.18 Å². The molecule has 19 heavy (non-hydrogen) atoms. The van der Waals surface area contributed by atoms with Crippen LogP contribution in [0.25, 0.3) is 0 Å². The first kappa shape index (κ1) is 14.3. The van der Waals surface area contributed by atoms with Crippen molar-refractivity contribution in [2.75, 3.05) is 0 Å². The molecule has 1 nitrogen and oxygen atoms in total. The molecular weight excluding hydrogens is 341 g/mol. The summed E-state index contributed by atoms with van der Waals surface area (Å²) in [5.41, 5.74) is -1.02. The molecule has 0 unspecified atom stereocenters. The van der Waals surface area contributed by atoms with Crippen LogP contribution in [0.1, 0.15) is 5.56 Å². The van der Waals surface area contributed by atoms with Gasteiger partial charge in [0.15, 0.2) is 0 Å². The first-order valence-corrected chi connectivity index (χ1v) is 6.81. The van der Waals surface area contributed by atoms with E-state index in [0.717, 1.165) is 21.5 Å². The Balaban J connectivity index is 2.29. The average Bonchev–Trinajstić information content (AvgIpc) is 2.33. The number of rotatable bonds is 2. The highest BCUT2D eigenvalue weighted by atomic mass is 79.9. The van der Waals surface area contributed by atoms with Crippen molar-refractivity contribution in [3.8, 4) is 5.75 Å². The van der Waals surface area contributed by atoms with Crippen molar-refractivity contribution in [2.45, 2.75) is 16.0 Å². The van der Waals surface area contributed by atoms with Crippen LogP contribution >= 0.6 is 27.7 Å². The molecule has 0 radical (unpaired) electrons. The fourth-order valence-electron chi connectivity index (χ4n) is 1.44. The molecule has 0 heterocycles. The van der Waals surface area contributed by atoms with E-state index in [0.29, 0.717) is 4.90 Å². The highest BCUT2D eigenvalue weighted by molar-refractivity contribution is 9.10. The minimum absolute atomic E-state index is 0.424. The molecule has 0 amide bonds. The van der Waals surface area contributed by atoms with Gasteiger partial charge >= 0.3 is 6.18 Å². The highest BCUT2D eigenvalue weighted by Crippen LogP contribution is 2.39. The lowest BCUT2D eigenvalue weighted by atomic mass is 10.2. The third kappa shape index (κ3) is 3.67. The number of phenolic OH excluding ortho intramolecular Hbond substituents is 1. The van der Waals surface area contributed by atoms with E-state index in [-0.39, 0.29) is 0 Å². The summed E-state index contributed by atoms with van der Waals surface area (Å²) in [4.78, 5) is 1.24. The first-order chi connectivity index (χ1) is 8.86. The predicted octanol–water partition coefficient (Wildman–Crippen LogP) is 5.32. The van der Waals surface area contributed by atoms with Gasteiger partial charge in [0, 0.05) is 14.3 Å². The van der Waals surface area contributed by atoms with E-state index in [1.165, 1.54) is 17.8 Å². The Kier molecular flexibility index (Phi) is 4.10. The van der Waals surface area contributed by atoms with Gasteiger partial charge in [0.1, 0.15) is 5.75 Å². The first-order valence-electron chi connectivity index (χ1n) is 5.20. The molecule has 2 aromatic rings. The Morgan fingerprint density at radius 3 is 2.11 bits per heavy atom. The van der Waals surface area contributed by atoms with Gasteiger partial charge in [-0.05, 0) is 42.5 Å². The Bertz CT molecular complexity index is 581. The van der Waals surface area contributed by atoms with Crippen LogP contribution in [0.5, 0.6) is 5.75 Å². The van der Waals surface area contributed by atoms with Crippen LogP contribution < -0.4 is 0 Å². The molecule has 6 heteroatoms. The number of aromatic hydroxyl groups is 1. The summed E-state index contributed by atoms with van der Waals surface area (Å²) in [6.07, 6.45) is -4.56. The van der Waals surface area contributed by atoms with Crippen molar-refractivity contribution in [3.63, 3.8) is 0 Å². The molecule has 2 aromatic carbocycles. The molecule has 0 aliphatic heterocycles. The molecule has 0 fully saturated rings. The molecule has 1 N–H and O–H groups in total. The molecule has 100 valence electrons. The maximum atomic E-state index is 12.6. The topological polar surface area (TPSA) is 20.2 Å². The zero-order valence-corrected chi connectivity index (χ0v) is 11.8. The summed E-state index contributed by atoms with van der Waals surface area (Å²) in [7, 11) is 0. The van der Waals surface area contributed by atoms with Crippen molar-refractivity contribution in [1.29, 1.82) is 0 Å². The van der Waals surface area contributed by atoms with Gasteiger partial charge in [-0.25, -0.2) is 0 Å². The number of benzene rings is 2. The van der Waals surface area contributed by atoms with Gasteiger partial charge in [0.25, 0.3) is 0 Å². The maximum absolute atomic E-state index is 12.6. The molecule has 0 aliphatic rings. The Morgan fingerprint density at radius 2 is 1.53 bits per heavy atom. The van der Waals surface area contributed by atoms with E-state index in [1.54, 1.807) is 12.1 Å². The lowest BCUT2D eigenvalue weighted by Crippen LogP contribution is -2.05. The monoisotopic (exact) mass is 348 g/mol. The molecule has 0 aromatic heterocycles. The fraction of sp³-hybridized carbons (Fsp3) is 0.0769. The van der Waals surface area contributed by atoms with Gasteiger partial charge in [-0.1, -0.05) is 27.7 Å². The average molecular weight is 349 g/mol. The number of hydrogen-bond acceptors (Lipinski definition) is 2. The van der Waals surface area contributed by atoms with Crippen LogP contribution in [-0.4, -0.2) is 5.11 Å². The second kappa shape index (κ2) is 5.46. The predicted molar refractivity (Wildman–Crippen MR) is 71.4 cm³/mol. The molecule has 0 atom stereocenters. The standard InChI is InChI=1S/C13H8BrF3OS/c14-8-1-3-9(4-2-8)19-10-5-6-12(18)11(7-10)13(15,16)17/h1-7,18H. The van der Waals surface area contributed by atoms with E-state index in [1.807, 2.05) is 12.1 Å². The van der Waals surface area contributed by atoms with Crippen LogP contribution in [0.3, 0.4) is 0 Å². The van der Waals surface area contributed by atoms with Gasteiger partial charge in [0.05, 0.1) is 5.56 Å². The largest absolute Gasteiger partial charge is 0.507 e. The lowest BCUT2D eigenvalue weighted by Gasteiger charge is -2.10. The Morgan fingerprint density at radius 1 is 0.947 bits per heavy atom. The van der Waals surface area contributed by atoms with Gasteiger partial charge < -0.3 is 5.11 Å². The van der Waals surface area contributed by atoms with Crippen LogP contribution in [0.4, 0.5) is 13.2 Å². The fourth-order valence-corrected chi connectivity index (χ4v) is 2.57. The highest BCUT2D eigenvalue weighted by Gasteiger charge is 2.34. The molecule has 0 bridgehead atoms.